The van der Waals surface area contributed by atoms with E-state index < -0.39 is 40.8 Å². The van der Waals surface area contributed by atoms with E-state index in [0.717, 1.165) is 18.4 Å². The van der Waals surface area contributed by atoms with Gasteiger partial charge >= 0.3 is 11.9 Å². The van der Waals surface area contributed by atoms with Crippen LogP contribution in [0.25, 0.3) is 0 Å². The van der Waals surface area contributed by atoms with Crippen molar-refractivity contribution in [3.63, 3.8) is 0 Å². The van der Waals surface area contributed by atoms with Crippen molar-refractivity contribution < 1.29 is 33.4 Å². The van der Waals surface area contributed by atoms with Crippen LogP contribution in [0.2, 0.25) is 0 Å². The predicted octanol–water partition coefficient (Wildman–Crippen LogP) is 2.91. The summed E-state index contributed by atoms with van der Waals surface area (Å²) in [6.45, 7) is 5.90. The number of carbonyl (C=O) groups is 5. The molecular formula is C25H30O7. The molecule has 0 aromatic heterocycles. The van der Waals surface area contributed by atoms with E-state index in [9.17, 15) is 24.0 Å². The Labute approximate surface area is 187 Å². The molecule has 4 aliphatic carbocycles. The van der Waals surface area contributed by atoms with E-state index in [4.69, 9.17) is 9.47 Å². The van der Waals surface area contributed by atoms with Gasteiger partial charge in [-0.2, -0.15) is 0 Å². The van der Waals surface area contributed by atoms with E-state index in [-0.39, 0.29) is 35.7 Å². The van der Waals surface area contributed by atoms with E-state index in [0.29, 0.717) is 12.8 Å². The summed E-state index contributed by atoms with van der Waals surface area (Å²) in [5.41, 5.74) is -1.88. The van der Waals surface area contributed by atoms with Gasteiger partial charge in [0.25, 0.3) is 0 Å². The van der Waals surface area contributed by atoms with Crippen molar-refractivity contribution in [1.29, 1.82) is 0 Å². The highest BCUT2D eigenvalue weighted by Gasteiger charge is 2.70. The molecule has 0 saturated heterocycles. The van der Waals surface area contributed by atoms with Gasteiger partial charge in [0, 0.05) is 37.0 Å². The number of allylic oxidation sites excluding steroid dienone is 4. The largest absolute Gasteiger partial charge is 0.458 e. The minimum atomic E-state index is -1.49. The summed E-state index contributed by atoms with van der Waals surface area (Å²) in [4.78, 5) is 62.4. The van der Waals surface area contributed by atoms with Gasteiger partial charge in [0.15, 0.2) is 18.0 Å². The third-order valence-electron chi connectivity index (χ3n) is 8.55. The van der Waals surface area contributed by atoms with Crippen LogP contribution < -0.4 is 0 Å². The number of carbonyl (C=O) groups excluding carboxylic acids is 5. The van der Waals surface area contributed by atoms with Gasteiger partial charge in [-0.3, -0.25) is 24.0 Å². The molecule has 32 heavy (non-hydrogen) atoms. The first-order valence-corrected chi connectivity index (χ1v) is 11.3. The number of Topliss-reactive ketones (excluding diaryl/α,β-unsaturated/α-hetero) is 2. The van der Waals surface area contributed by atoms with Crippen LogP contribution >= 0.6 is 0 Å². The molecule has 3 fully saturated rings. The Balaban J connectivity index is 1.74. The molecule has 4 rings (SSSR count). The van der Waals surface area contributed by atoms with Crippen molar-refractivity contribution in [3.8, 4) is 0 Å². The van der Waals surface area contributed by atoms with Crippen molar-refractivity contribution in [3.05, 3.63) is 23.8 Å². The topological polar surface area (TPSA) is 104 Å². The monoisotopic (exact) mass is 442 g/mol. The second-order valence-corrected chi connectivity index (χ2v) is 10.2. The first-order chi connectivity index (χ1) is 14.9. The summed E-state index contributed by atoms with van der Waals surface area (Å²) in [5.74, 6) is -1.93. The zero-order valence-electron chi connectivity index (χ0n) is 19.1. The van der Waals surface area contributed by atoms with Crippen molar-refractivity contribution in [2.75, 3.05) is 6.61 Å². The maximum Gasteiger partial charge on any atom is 0.303 e. The van der Waals surface area contributed by atoms with Crippen LogP contribution in [0.4, 0.5) is 0 Å². The highest BCUT2D eigenvalue weighted by molar-refractivity contribution is 6.02. The lowest BCUT2D eigenvalue weighted by atomic mass is 9.46. The Morgan fingerprint density at radius 2 is 1.81 bits per heavy atom. The molecule has 0 spiro atoms. The smallest absolute Gasteiger partial charge is 0.303 e. The Morgan fingerprint density at radius 3 is 2.47 bits per heavy atom. The summed E-state index contributed by atoms with van der Waals surface area (Å²) in [6.07, 6.45) is 7.60. The molecule has 4 aliphatic rings. The Kier molecular flexibility index (Phi) is 5.30. The molecule has 6 atom stereocenters. The van der Waals surface area contributed by atoms with E-state index in [1.54, 1.807) is 12.2 Å². The number of esters is 2. The van der Waals surface area contributed by atoms with Gasteiger partial charge in [0.05, 0.1) is 0 Å². The van der Waals surface area contributed by atoms with Crippen LogP contribution in [0.1, 0.15) is 59.8 Å². The normalized spacial score (nSPS) is 40.0. The van der Waals surface area contributed by atoms with Gasteiger partial charge < -0.3 is 9.47 Å². The third kappa shape index (κ3) is 3.11. The fourth-order valence-electron chi connectivity index (χ4n) is 7.23. The van der Waals surface area contributed by atoms with Crippen LogP contribution in [-0.2, 0) is 33.4 Å². The molecule has 0 N–H and O–H groups in total. The lowest BCUT2D eigenvalue weighted by Gasteiger charge is -2.57. The fourth-order valence-corrected chi connectivity index (χ4v) is 7.23. The van der Waals surface area contributed by atoms with Crippen LogP contribution in [0.15, 0.2) is 23.8 Å². The summed E-state index contributed by atoms with van der Waals surface area (Å²) in [5, 5.41) is 0. The maximum atomic E-state index is 13.7. The van der Waals surface area contributed by atoms with Gasteiger partial charge in [0.1, 0.15) is 5.78 Å². The summed E-state index contributed by atoms with van der Waals surface area (Å²) >= 11 is 0. The van der Waals surface area contributed by atoms with Crippen molar-refractivity contribution >= 4 is 29.3 Å². The standard InChI is InChI=1S/C25H30O7/c1-14(26)31-13-21(30)25(32-15(2)27)10-8-19-18-6-5-16-11-17(28)7-9-23(16,3)22(18)20(29)12-24(19,25)4/h7,9,11,18-19,22H,5-6,8,10,12-13H2,1-4H3/t18-,19+,22+,23-,24-,25-/m0/s1. The molecule has 0 aromatic carbocycles. The Bertz CT molecular complexity index is 975. The summed E-state index contributed by atoms with van der Waals surface area (Å²) in [7, 11) is 0. The number of hydrogen-bond acceptors (Lipinski definition) is 7. The number of fused-ring (bicyclic) bond motifs is 5. The van der Waals surface area contributed by atoms with Crippen molar-refractivity contribution in [2.45, 2.75) is 65.4 Å². The Morgan fingerprint density at radius 1 is 1.09 bits per heavy atom. The summed E-state index contributed by atoms with van der Waals surface area (Å²) in [6, 6.07) is 0. The lowest BCUT2D eigenvalue weighted by Crippen LogP contribution is -2.62. The second kappa shape index (κ2) is 7.49. The zero-order valence-corrected chi connectivity index (χ0v) is 19.1. The molecule has 172 valence electrons. The minimum absolute atomic E-state index is 0.00442. The van der Waals surface area contributed by atoms with Crippen LogP contribution in [0.3, 0.4) is 0 Å². The SMILES string of the molecule is CC(=O)OCC(=O)[C@@]1(OC(C)=O)CC[C@@H]2[C@@H]3CCC4=CC(=O)C=C[C@]4(C)[C@H]3C(=O)C[C@@]21C. The molecule has 0 aromatic rings. The van der Waals surface area contributed by atoms with Gasteiger partial charge in [-0.25, -0.2) is 0 Å². The average molecular weight is 443 g/mol. The molecule has 7 heteroatoms. The van der Waals surface area contributed by atoms with Crippen LogP contribution in [0, 0.1) is 28.6 Å². The van der Waals surface area contributed by atoms with Crippen molar-refractivity contribution in [1.82, 2.24) is 0 Å². The molecule has 3 saturated carbocycles. The Hall–Kier alpha value is -2.57. The first-order valence-electron chi connectivity index (χ1n) is 11.3. The number of ether oxygens (including phenoxy) is 2. The predicted molar refractivity (Wildman–Crippen MR) is 113 cm³/mol. The summed E-state index contributed by atoms with van der Waals surface area (Å²) < 4.78 is 10.7. The van der Waals surface area contributed by atoms with E-state index >= 15 is 0 Å². The third-order valence-corrected chi connectivity index (χ3v) is 8.55. The molecule has 0 radical (unpaired) electrons. The van der Waals surface area contributed by atoms with Crippen LogP contribution in [-0.4, -0.2) is 41.5 Å². The quantitative estimate of drug-likeness (QED) is 0.617. The van der Waals surface area contributed by atoms with Gasteiger partial charge in [-0.1, -0.05) is 25.5 Å². The lowest BCUT2D eigenvalue weighted by molar-refractivity contribution is -0.191. The minimum Gasteiger partial charge on any atom is -0.458 e. The molecular weight excluding hydrogens is 412 g/mol. The van der Waals surface area contributed by atoms with Gasteiger partial charge in [-0.05, 0) is 49.7 Å². The van der Waals surface area contributed by atoms with Crippen molar-refractivity contribution in [2.24, 2.45) is 28.6 Å². The highest BCUT2D eigenvalue weighted by atomic mass is 16.6. The van der Waals surface area contributed by atoms with E-state index in [2.05, 4.69) is 0 Å². The van der Waals surface area contributed by atoms with E-state index in [1.807, 2.05) is 19.9 Å². The number of rotatable bonds is 4. The number of hydrogen-bond donors (Lipinski definition) is 0. The molecule has 0 heterocycles. The first kappa shape index (κ1) is 22.6. The molecule has 0 unspecified atom stereocenters. The highest BCUT2D eigenvalue weighted by Crippen LogP contribution is 2.66. The van der Waals surface area contributed by atoms with E-state index in [1.165, 1.54) is 13.8 Å². The van der Waals surface area contributed by atoms with Gasteiger partial charge in [-0.15, -0.1) is 0 Å². The zero-order chi connectivity index (χ0) is 23.5. The van der Waals surface area contributed by atoms with Crippen LogP contribution in [0.5, 0.6) is 0 Å². The molecule has 7 nitrogen and oxygen atoms in total. The number of ketones is 3. The molecule has 0 bridgehead atoms. The average Bonchev–Trinajstić information content (AvgIpc) is 2.98. The molecule has 0 aliphatic heterocycles. The maximum absolute atomic E-state index is 13.7. The fraction of sp³-hybridized carbons (Fsp3) is 0.640. The molecule has 0 amide bonds. The second-order valence-electron chi connectivity index (χ2n) is 10.2. The van der Waals surface area contributed by atoms with Gasteiger partial charge in [0.2, 0.25) is 5.78 Å².